The van der Waals surface area contributed by atoms with E-state index < -0.39 is 0 Å². The molecule has 3 aromatic rings. The fraction of sp³-hybridized carbons (Fsp3) is 0.294. The van der Waals surface area contributed by atoms with Crippen LogP contribution in [0.2, 0.25) is 0 Å². The Hall–Kier alpha value is -2.16. The van der Waals surface area contributed by atoms with Crippen molar-refractivity contribution in [2.75, 3.05) is 0 Å². The van der Waals surface area contributed by atoms with Gasteiger partial charge in [-0.2, -0.15) is 0 Å². The maximum atomic E-state index is 4.62. The molecule has 1 aromatic carbocycles. The minimum Gasteiger partial charge on any atom is -0.338 e. The van der Waals surface area contributed by atoms with E-state index in [9.17, 15) is 0 Å². The Labute approximate surface area is 119 Å². The van der Waals surface area contributed by atoms with Crippen molar-refractivity contribution in [2.45, 2.75) is 32.7 Å². The van der Waals surface area contributed by atoms with Gasteiger partial charge >= 0.3 is 0 Å². The van der Waals surface area contributed by atoms with Gasteiger partial charge < -0.3 is 4.98 Å². The summed E-state index contributed by atoms with van der Waals surface area (Å²) < 4.78 is 2.24. The molecule has 0 bridgehead atoms. The van der Waals surface area contributed by atoms with Gasteiger partial charge in [0.15, 0.2) is 12.4 Å². The number of imidazole rings is 1. The lowest BCUT2D eigenvalue weighted by Gasteiger charge is -1.98. The van der Waals surface area contributed by atoms with Crippen LogP contribution in [0.4, 0.5) is 0 Å². The Bertz CT molecular complexity index is 650. The second-order valence-electron chi connectivity index (χ2n) is 5.13. The molecule has 3 nitrogen and oxygen atoms in total. The Morgan fingerprint density at radius 1 is 1.05 bits per heavy atom. The first-order valence-corrected chi connectivity index (χ1v) is 7.31. The summed E-state index contributed by atoms with van der Waals surface area (Å²) >= 11 is 0. The minimum atomic E-state index is 0.937. The summed E-state index contributed by atoms with van der Waals surface area (Å²) in [5.41, 5.74) is 3.23. The molecule has 2 aromatic heterocycles. The van der Waals surface area contributed by atoms with E-state index in [1.807, 2.05) is 18.2 Å². The van der Waals surface area contributed by atoms with Gasteiger partial charge in [-0.15, -0.1) is 0 Å². The van der Waals surface area contributed by atoms with E-state index in [2.05, 4.69) is 52.1 Å². The Morgan fingerprint density at radius 3 is 2.60 bits per heavy atom. The molecule has 2 heterocycles. The van der Waals surface area contributed by atoms with E-state index >= 15 is 0 Å². The highest BCUT2D eigenvalue weighted by Gasteiger charge is 2.07. The number of nitrogens with one attached hydrogen (secondary N) is 1. The molecular formula is C17H20N3+. The molecule has 102 valence electrons. The van der Waals surface area contributed by atoms with E-state index in [1.54, 1.807) is 0 Å². The number of H-pyrrole nitrogens is 1. The van der Waals surface area contributed by atoms with Crippen LogP contribution in [-0.4, -0.2) is 9.97 Å². The normalized spacial score (nSPS) is 11.1. The molecule has 0 radical (unpaired) electrons. The minimum absolute atomic E-state index is 0.937. The molecule has 1 N–H and O–H groups in total. The summed E-state index contributed by atoms with van der Waals surface area (Å²) in [6, 6.07) is 12.4. The Morgan fingerprint density at radius 2 is 1.85 bits per heavy atom. The fourth-order valence-corrected chi connectivity index (χ4v) is 2.40. The largest absolute Gasteiger partial charge is 0.338 e. The number of unbranched alkanes of at least 4 members (excludes halogenated alkanes) is 2. The van der Waals surface area contributed by atoms with Gasteiger partial charge in [-0.3, -0.25) is 0 Å². The Balaban J connectivity index is 1.79. The quantitative estimate of drug-likeness (QED) is 0.554. The number of hydrogen-bond donors (Lipinski definition) is 1. The van der Waals surface area contributed by atoms with Crippen molar-refractivity contribution in [1.82, 2.24) is 9.97 Å². The van der Waals surface area contributed by atoms with Crippen LogP contribution in [-0.2, 0) is 6.54 Å². The molecule has 0 atom stereocenters. The molecule has 3 rings (SSSR count). The highest BCUT2D eigenvalue weighted by Crippen LogP contribution is 2.18. The first-order chi connectivity index (χ1) is 9.86. The zero-order chi connectivity index (χ0) is 13.8. The van der Waals surface area contributed by atoms with Gasteiger partial charge in [0, 0.05) is 24.1 Å². The summed E-state index contributed by atoms with van der Waals surface area (Å²) in [7, 11) is 0. The van der Waals surface area contributed by atoms with Crippen molar-refractivity contribution in [3.05, 3.63) is 48.8 Å². The van der Waals surface area contributed by atoms with Crippen molar-refractivity contribution in [3.8, 4) is 11.4 Å². The lowest BCUT2D eigenvalue weighted by molar-refractivity contribution is -0.697. The summed E-state index contributed by atoms with van der Waals surface area (Å²) in [5.74, 6) is 0.937. The standard InChI is InChI=1S/C17H19N3/c1-2-3-6-11-20-12-9-14(10-13-20)17-18-15-7-4-5-8-16(15)19-17/h4-5,7-10,12-13H,2-3,6,11H2,1H3/p+1. The summed E-state index contributed by atoms with van der Waals surface area (Å²) in [6.07, 6.45) is 8.07. The molecule has 20 heavy (non-hydrogen) atoms. The number of fused-ring (bicyclic) bond motifs is 1. The molecule has 0 aliphatic carbocycles. The van der Waals surface area contributed by atoms with E-state index in [0.717, 1.165) is 29.0 Å². The maximum Gasteiger partial charge on any atom is 0.169 e. The number of nitrogens with zero attached hydrogens (tertiary/aromatic N) is 2. The third-order valence-corrected chi connectivity index (χ3v) is 3.57. The number of para-hydroxylation sites is 2. The summed E-state index contributed by atoms with van der Waals surface area (Å²) in [6.45, 7) is 3.32. The molecule has 0 aliphatic rings. The SMILES string of the molecule is CCCCC[n+]1ccc(-c2nc3ccccc3[nH]2)cc1. The molecule has 3 heteroatoms. The van der Waals surface area contributed by atoms with Crippen LogP contribution < -0.4 is 4.57 Å². The number of pyridine rings is 1. The molecule has 0 saturated carbocycles. The van der Waals surface area contributed by atoms with Gasteiger partial charge in [-0.05, 0) is 18.6 Å². The van der Waals surface area contributed by atoms with Crippen LogP contribution in [0.5, 0.6) is 0 Å². The van der Waals surface area contributed by atoms with Crippen molar-refractivity contribution in [2.24, 2.45) is 0 Å². The first-order valence-electron chi connectivity index (χ1n) is 7.31. The lowest BCUT2D eigenvalue weighted by Crippen LogP contribution is -2.32. The number of hydrogen-bond acceptors (Lipinski definition) is 1. The van der Waals surface area contributed by atoms with Crippen LogP contribution in [0.25, 0.3) is 22.4 Å². The fourth-order valence-electron chi connectivity index (χ4n) is 2.40. The van der Waals surface area contributed by atoms with E-state index in [0.29, 0.717) is 0 Å². The van der Waals surface area contributed by atoms with Crippen LogP contribution in [0.1, 0.15) is 26.2 Å². The monoisotopic (exact) mass is 266 g/mol. The van der Waals surface area contributed by atoms with Gasteiger partial charge in [0.25, 0.3) is 0 Å². The second-order valence-corrected chi connectivity index (χ2v) is 5.13. The molecule has 0 saturated heterocycles. The number of aromatic amines is 1. The molecule has 0 fully saturated rings. The van der Waals surface area contributed by atoms with E-state index in [-0.39, 0.29) is 0 Å². The predicted octanol–water partition coefficient (Wildman–Crippen LogP) is 3.71. The van der Waals surface area contributed by atoms with Gasteiger partial charge in [-0.1, -0.05) is 25.5 Å². The van der Waals surface area contributed by atoms with Crippen LogP contribution >= 0.6 is 0 Å². The highest BCUT2D eigenvalue weighted by molar-refractivity contribution is 5.78. The zero-order valence-corrected chi connectivity index (χ0v) is 11.8. The average Bonchev–Trinajstić information content (AvgIpc) is 2.92. The Kier molecular flexibility index (Phi) is 3.77. The van der Waals surface area contributed by atoms with Gasteiger partial charge in [0.1, 0.15) is 12.4 Å². The number of aromatic nitrogens is 3. The van der Waals surface area contributed by atoms with Crippen molar-refractivity contribution >= 4 is 11.0 Å². The maximum absolute atomic E-state index is 4.62. The molecule has 0 spiro atoms. The van der Waals surface area contributed by atoms with Crippen LogP contribution in [0.3, 0.4) is 0 Å². The van der Waals surface area contributed by atoms with Gasteiger partial charge in [-0.25, -0.2) is 9.55 Å². The summed E-state index contributed by atoms with van der Waals surface area (Å²) in [4.78, 5) is 7.99. The number of rotatable bonds is 5. The van der Waals surface area contributed by atoms with Crippen molar-refractivity contribution in [3.63, 3.8) is 0 Å². The zero-order valence-electron chi connectivity index (χ0n) is 11.8. The molecular weight excluding hydrogens is 246 g/mol. The molecule has 0 aliphatic heterocycles. The number of benzene rings is 1. The lowest BCUT2D eigenvalue weighted by atomic mass is 10.2. The predicted molar refractivity (Wildman–Crippen MR) is 81.2 cm³/mol. The average molecular weight is 266 g/mol. The summed E-state index contributed by atoms with van der Waals surface area (Å²) in [5, 5.41) is 0. The van der Waals surface area contributed by atoms with Gasteiger partial charge in [0.2, 0.25) is 0 Å². The molecule has 0 amide bonds. The van der Waals surface area contributed by atoms with E-state index in [1.165, 1.54) is 19.3 Å². The third kappa shape index (κ3) is 2.72. The van der Waals surface area contributed by atoms with Gasteiger partial charge in [0.05, 0.1) is 11.0 Å². The first kappa shape index (κ1) is 12.9. The topological polar surface area (TPSA) is 32.6 Å². The van der Waals surface area contributed by atoms with Crippen molar-refractivity contribution in [1.29, 1.82) is 0 Å². The second kappa shape index (κ2) is 5.87. The van der Waals surface area contributed by atoms with Crippen molar-refractivity contribution < 1.29 is 4.57 Å². The third-order valence-electron chi connectivity index (χ3n) is 3.57. The van der Waals surface area contributed by atoms with Crippen LogP contribution in [0, 0.1) is 0 Å². The smallest absolute Gasteiger partial charge is 0.169 e. The van der Waals surface area contributed by atoms with Crippen LogP contribution in [0.15, 0.2) is 48.8 Å². The highest BCUT2D eigenvalue weighted by atomic mass is 14.9. The molecule has 0 unspecified atom stereocenters. The van der Waals surface area contributed by atoms with E-state index in [4.69, 9.17) is 0 Å². The number of aryl methyl sites for hydroxylation is 1.